The van der Waals surface area contributed by atoms with E-state index in [2.05, 4.69) is 25.9 Å². The monoisotopic (exact) mass is 268 g/mol. The van der Waals surface area contributed by atoms with Crippen molar-refractivity contribution < 1.29 is 9.53 Å². The van der Waals surface area contributed by atoms with Gasteiger partial charge in [-0.15, -0.1) is 0 Å². The summed E-state index contributed by atoms with van der Waals surface area (Å²) in [7, 11) is 0. The molecule has 1 aromatic carbocycles. The standard InChI is InChI=1S/C10H9BrN2O2/c1-2-15-10(14)9-12-7-5-3-4-6(11)8(7)13-9/h3-5H,2H2,1H3,(H,12,13). The Bertz CT molecular complexity index is 507. The van der Waals surface area contributed by atoms with Gasteiger partial charge >= 0.3 is 5.97 Å². The van der Waals surface area contributed by atoms with Gasteiger partial charge in [0.25, 0.3) is 0 Å². The normalized spacial score (nSPS) is 10.5. The molecule has 0 aliphatic rings. The van der Waals surface area contributed by atoms with Gasteiger partial charge in [-0.3, -0.25) is 0 Å². The van der Waals surface area contributed by atoms with Crippen molar-refractivity contribution in [2.24, 2.45) is 0 Å². The summed E-state index contributed by atoms with van der Waals surface area (Å²) in [6, 6.07) is 5.60. The fourth-order valence-corrected chi connectivity index (χ4v) is 1.75. The summed E-state index contributed by atoms with van der Waals surface area (Å²) < 4.78 is 5.70. The number of rotatable bonds is 2. The lowest BCUT2D eigenvalue weighted by Crippen LogP contribution is -2.06. The maximum absolute atomic E-state index is 11.4. The summed E-state index contributed by atoms with van der Waals surface area (Å²) in [5.74, 6) is -0.195. The number of para-hydroxylation sites is 1. The highest BCUT2D eigenvalue weighted by molar-refractivity contribution is 9.10. The average Bonchev–Trinajstić information content (AvgIpc) is 2.63. The molecule has 15 heavy (non-hydrogen) atoms. The molecule has 0 aliphatic carbocycles. The van der Waals surface area contributed by atoms with Crippen LogP contribution in [0.4, 0.5) is 0 Å². The predicted octanol–water partition coefficient (Wildman–Crippen LogP) is 2.50. The summed E-state index contributed by atoms with van der Waals surface area (Å²) in [4.78, 5) is 18.5. The van der Waals surface area contributed by atoms with Crippen molar-refractivity contribution in [3.05, 3.63) is 28.5 Å². The number of H-pyrrole nitrogens is 1. The molecule has 1 N–H and O–H groups in total. The Morgan fingerprint density at radius 1 is 1.60 bits per heavy atom. The van der Waals surface area contributed by atoms with Crippen molar-refractivity contribution in [3.8, 4) is 0 Å². The maximum atomic E-state index is 11.4. The zero-order chi connectivity index (χ0) is 10.8. The van der Waals surface area contributed by atoms with Crippen LogP contribution in [0.2, 0.25) is 0 Å². The Labute approximate surface area is 94.8 Å². The number of imidazole rings is 1. The minimum Gasteiger partial charge on any atom is -0.460 e. The topological polar surface area (TPSA) is 55.0 Å². The fourth-order valence-electron chi connectivity index (χ4n) is 1.29. The number of fused-ring (bicyclic) bond motifs is 1. The minimum atomic E-state index is -0.430. The van der Waals surface area contributed by atoms with E-state index in [0.717, 1.165) is 15.5 Å². The number of nitrogens with zero attached hydrogens (tertiary/aromatic N) is 1. The number of carbonyl (C=O) groups excluding carboxylic acids is 1. The Morgan fingerprint density at radius 3 is 3.07 bits per heavy atom. The average molecular weight is 269 g/mol. The van der Waals surface area contributed by atoms with Crippen molar-refractivity contribution in [2.75, 3.05) is 6.61 Å². The van der Waals surface area contributed by atoms with E-state index in [1.54, 1.807) is 6.92 Å². The van der Waals surface area contributed by atoms with E-state index in [1.807, 2.05) is 18.2 Å². The van der Waals surface area contributed by atoms with Crippen LogP contribution in [0.3, 0.4) is 0 Å². The number of nitrogens with one attached hydrogen (secondary N) is 1. The van der Waals surface area contributed by atoms with Gasteiger partial charge < -0.3 is 9.72 Å². The molecule has 0 spiro atoms. The number of hydrogen-bond acceptors (Lipinski definition) is 3. The predicted molar refractivity (Wildman–Crippen MR) is 59.8 cm³/mol. The molecular formula is C10H9BrN2O2. The molecule has 1 heterocycles. The molecular weight excluding hydrogens is 260 g/mol. The van der Waals surface area contributed by atoms with E-state index in [1.165, 1.54) is 0 Å². The second-order valence-electron chi connectivity index (χ2n) is 2.94. The summed E-state index contributed by atoms with van der Waals surface area (Å²) >= 11 is 3.36. The quantitative estimate of drug-likeness (QED) is 0.852. The number of benzene rings is 1. The molecule has 0 unspecified atom stereocenters. The van der Waals surface area contributed by atoms with Gasteiger partial charge in [0.2, 0.25) is 5.82 Å². The first kappa shape index (κ1) is 10.2. The number of esters is 1. The summed E-state index contributed by atoms with van der Waals surface area (Å²) in [5.41, 5.74) is 1.55. The van der Waals surface area contributed by atoms with E-state index in [9.17, 15) is 4.79 Å². The highest BCUT2D eigenvalue weighted by atomic mass is 79.9. The molecule has 0 atom stereocenters. The van der Waals surface area contributed by atoms with Gasteiger partial charge in [-0.05, 0) is 35.0 Å². The van der Waals surface area contributed by atoms with Gasteiger partial charge in [-0.2, -0.15) is 0 Å². The van der Waals surface area contributed by atoms with E-state index in [0.29, 0.717) is 6.61 Å². The lowest BCUT2D eigenvalue weighted by atomic mass is 10.3. The second kappa shape index (κ2) is 4.02. The van der Waals surface area contributed by atoms with E-state index >= 15 is 0 Å². The highest BCUT2D eigenvalue weighted by Crippen LogP contribution is 2.21. The third kappa shape index (κ3) is 1.87. The largest absolute Gasteiger partial charge is 0.460 e. The molecule has 4 nitrogen and oxygen atoms in total. The molecule has 5 heteroatoms. The fraction of sp³-hybridized carbons (Fsp3) is 0.200. The van der Waals surface area contributed by atoms with Crippen molar-refractivity contribution >= 4 is 32.9 Å². The molecule has 0 fully saturated rings. The lowest BCUT2D eigenvalue weighted by Gasteiger charge is -1.95. The van der Waals surface area contributed by atoms with Crippen LogP contribution in [0.1, 0.15) is 17.5 Å². The molecule has 0 radical (unpaired) electrons. The zero-order valence-corrected chi connectivity index (χ0v) is 9.67. The number of halogens is 1. The van der Waals surface area contributed by atoms with Crippen molar-refractivity contribution in [3.63, 3.8) is 0 Å². The Hall–Kier alpha value is -1.36. The van der Waals surface area contributed by atoms with Crippen LogP contribution in [0.5, 0.6) is 0 Å². The third-order valence-electron chi connectivity index (χ3n) is 1.93. The maximum Gasteiger partial charge on any atom is 0.374 e. The molecule has 0 saturated heterocycles. The third-order valence-corrected chi connectivity index (χ3v) is 2.57. The van der Waals surface area contributed by atoms with Gasteiger partial charge in [-0.1, -0.05) is 6.07 Å². The van der Waals surface area contributed by atoms with E-state index in [4.69, 9.17) is 4.74 Å². The van der Waals surface area contributed by atoms with Crippen molar-refractivity contribution in [2.45, 2.75) is 6.92 Å². The summed E-state index contributed by atoms with van der Waals surface area (Å²) in [6.45, 7) is 2.10. The summed E-state index contributed by atoms with van der Waals surface area (Å²) in [6.07, 6.45) is 0. The van der Waals surface area contributed by atoms with Crippen molar-refractivity contribution in [1.29, 1.82) is 0 Å². The minimum absolute atomic E-state index is 0.235. The number of carbonyl (C=O) groups is 1. The van der Waals surface area contributed by atoms with Gasteiger partial charge in [-0.25, -0.2) is 9.78 Å². The van der Waals surface area contributed by atoms with Gasteiger partial charge in [0.1, 0.15) is 5.52 Å². The van der Waals surface area contributed by atoms with Gasteiger partial charge in [0, 0.05) is 4.47 Å². The van der Waals surface area contributed by atoms with Gasteiger partial charge in [0.15, 0.2) is 0 Å². The molecule has 0 bridgehead atoms. The van der Waals surface area contributed by atoms with Crippen molar-refractivity contribution in [1.82, 2.24) is 9.97 Å². The van der Waals surface area contributed by atoms with Crippen LogP contribution < -0.4 is 0 Å². The van der Waals surface area contributed by atoms with Crippen LogP contribution >= 0.6 is 15.9 Å². The SMILES string of the molecule is CCOC(=O)c1nc2c(Br)cccc2[nH]1. The van der Waals surface area contributed by atoms with E-state index < -0.39 is 5.97 Å². The number of aromatic amines is 1. The highest BCUT2D eigenvalue weighted by Gasteiger charge is 2.13. The second-order valence-corrected chi connectivity index (χ2v) is 3.80. The molecule has 2 rings (SSSR count). The van der Waals surface area contributed by atoms with Crippen LogP contribution in [-0.2, 0) is 4.74 Å². The molecule has 78 valence electrons. The number of ether oxygens (including phenoxy) is 1. The first-order chi connectivity index (χ1) is 7.22. The van der Waals surface area contributed by atoms with E-state index in [-0.39, 0.29) is 5.82 Å². The first-order valence-electron chi connectivity index (χ1n) is 4.53. The Balaban J connectivity index is 2.47. The molecule has 0 aliphatic heterocycles. The lowest BCUT2D eigenvalue weighted by molar-refractivity contribution is 0.0514. The smallest absolute Gasteiger partial charge is 0.374 e. The van der Waals surface area contributed by atoms with Crippen LogP contribution in [-0.4, -0.2) is 22.5 Å². The first-order valence-corrected chi connectivity index (χ1v) is 5.33. The summed E-state index contributed by atoms with van der Waals surface area (Å²) in [5, 5.41) is 0. The molecule has 1 aromatic heterocycles. The Kier molecular flexibility index (Phi) is 2.73. The van der Waals surface area contributed by atoms with Gasteiger partial charge in [0.05, 0.1) is 12.1 Å². The zero-order valence-electron chi connectivity index (χ0n) is 8.08. The number of aromatic nitrogens is 2. The van der Waals surface area contributed by atoms with Crippen LogP contribution in [0.25, 0.3) is 11.0 Å². The van der Waals surface area contributed by atoms with Crippen LogP contribution in [0, 0.1) is 0 Å². The van der Waals surface area contributed by atoms with Crippen LogP contribution in [0.15, 0.2) is 22.7 Å². The Morgan fingerprint density at radius 2 is 2.40 bits per heavy atom. The molecule has 0 amide bonds. The molecule has 2 aromatic rings. The number of hydrogen-bond donors (Lipinski definition) is 1. The molecule has 0 saturated carbocycles.